The average Bonchev–Trinajstić information content (AvgIpc) is 2.54. The quantitative estimate of drug-likeness (QED) is 0.337. The first-order chi connectivity index (χ1) is 10.7. The van der Waals surface area contributed by atoms with Gasteiger partial charge >= 0.3 is 0 Å². The molecule has 0 aliphatic heterocycles. The van der Waals surface area contributed by atoms with Gasteiger partial charge in [0.15, 0.2) is 0 Å². The lowest BCUT2D eigenvalue weighted by atomic mass is 9.98. The van der Waals surface area contributed by atoms with Crippen molar-refractivity contribution < 1.29 is 0 Å². The zero-order chi connectivity index (χ0) is 15.1. The van der Waals surface area contributed by atoms with Crippen LogP contribution in [-0.4, -0.2) is 0 Å². The van der Waals surface area contributed by atoms with Crippen LogP contribution in [0.5, 0.6) is 0 Å². The minimum atomic E-state index is 0.785. The molecule has 0 saturated heterocycles. The topological polar surface area (TPSA) is 0 Å². The summed E-state index contributed by atoms with van der Waals surface area (Å²) in [5.74, 6) is 0. The van der Waals surface area contributed by atoms with Gasteiger partial charge in [0.2, 0.25) is 0 Å². The molecule has 0 unspecified atom stereocenters. The molecule has 0 fully saturated rings. The minimum Gasteiger partial charge on any atom is -0.0836 e. The predicted molar refractivity (Wildman–Crippen MR) is 99.6 cm³/mol. The second-order valence-electron chi connectivity index (χ2n) is 5.36. The first kappa shape index (κ1) is 13.8. The van der Waals surface area contributed by atoms with Crippen LogP contribution in [-0.2, 0) is 0 Å². The van der Waals surface area contributed by atoms with Gasteiger partial charge in [-0.3, -0.25) is 0 Å². The molecule has 0 aromatic heterocycles. The van der Waals surface area contributed by atoms with E-state index in [-0.39, 0.29) is 0 Å². The van der Waals surface area contributed by atoms with E-state index in [1.165, 1.54) is 10.8 Å². The van der Waals surface area contributed by atoms with E-state index in [1.54, 1.807) is 0 Å². The number of rotatable bonds is 1. The Morgan fingerprint density at radius 3 is 2.09 bits per heavy atom. The molecule has 106 valence electrons. The average molecular weight is 368 g/mol. The Labute approximate surface area is 142 Å². The molecule has 22 heavy (non-hydrogen) atoms. The fourth-order valence-electron chi connectivity index (χ4n) is 2.85. The van der Waals surface area contributed by atoms with E-state index in [2.05, 4.69) is 70.5 Å². The van der Waals surface area contributed by atoms with E-state index in [0.29, 0.717) is 0 Å². The number of hydrogen-bond donors (Lipinski definition) is 0. The largest absolute Gasteiger partial charge is 0.0836 e. The number of halogens is 2. The molecule has 0 aliphatic carbocycles. The van der Waals surface area contributed by atoms with Crippen molar-refractivity contribution in [2.75, 3.05) is 0 Å². The van der Waals surface area contributed by atoms with Crippen molar-refractivity contribution in [1.29, 1.82) is 0 Å². The molecular weight excluding hydrogens is 356 g/mol. The molecular formula is C20H12BrCl. The third-order valence-electron chi connectivity index (χ3n) is 3.96. The van der Waals surface area contributed by atoms with E-state index >= 15 is 0 Å². The zero-order valence-electron chi connectivity index (χ0n) is 11.7. The van der Waals surface area contributed by atoms with Crippen molar-refractivity contribution in [1.82, 2.24) is 0 Å². The Balaban J connectivity index is 2.00. The Morgan fingerprint density at radius 1 is 0.682 bits per heavy atom. The zero-order valence-corrected chi connectivity index (χ0v) is 14.0. The highest BCUT2D eigenvalue weighted by atomic mass is 79.9. The van der Waals surface area contributed by atoms with Crippen LogP contribution in [0.1, 0.15) is 0 Å². The van der Waals surface area contributed by atoms with Gasteiger partial charge < -0.3 is 0 Å². The van der Waals surface area contributed by atoms with Crippen LogP contribution < -0.4 is 0 Å². The number of fused-ring (bicyclic) bond motifs is 2. The maximum Gasteiger partial charge on any atom is 0.0490 e. The molecule has 4 aromatic rings. The third kappa shape index (κ3) is 2.31. The van der Waals surface area contributed by atoms with Gasteiger partial charge in [0, 0.05) is 14.9 Å². The minimum absolute atomic E-state index is 0.785. The first-order valence-electron chi connectivity index (χ1n) is 7.09. The lowest BCUT2D eigenvalue weighted by Gasteiger charge is -2.10. The Morgan fingerprint density at radius 2 is 1.32 bits per heavy atom. The Hall–Kier alpha value is -1.83. The molecule has 0 saturated carbocycles. The van der Waals surface area contributed by atoms with Crippen molar-refractivity contribution in [2.45, 2.75) is 0 Å². The normalized spacial score (nSPS) is 11.2. The van der Waals surface area contributed by atoms with E-state index in [0.717, 1.165) is 31.4 Å². The van der Waals surface area contributed by atoms with Gasteiger partial charge in [-0.15, -0.1) is 0 Å². The Kier molecular flexibility index (Phi) is 3.40. The van der Waals surface area contributed by atoms with Crippen LogP contribution in [0.3, 0.4) is 0 Å². The van der Waals surface area contributed by atoms with Crippen LogP contribution in [0.4, 0.5) is 0 Å². The summed E-state index contributed by atoms with van der Waals surface area (Å²) in [5, 5.41) is 5.48. The van der Waals surface area contributed by atoms with Crippen molar-refractivity contribution in [2.24, 2.45) is 0 Å². The maximum atomic E-state index is 6.47. The third-order valence-corrected chi connectivity index (χ3v) is 4.93. The molecule has 0 atom stereocenters. The monoisotopic (exact) mass is 366 g/mol. The fraction of sp³-hybridized carbons (Fsp3) is 0. The molecule has 0 N–H and O–H groups in total. The van der Waals surface area contributed by atoms with Gasteiger partial charge in [-0.25, -0.2) is 0 Å². The van der Waals surface area contributed by atoms with Gasteiger partial charge in [0.1, 0.15) is 0 Å². The molecule has 0 heterocycles. The highest BCUT2D eigenvalue weighted by Gasteiger charge is 2.08. The standard InChI is InChI=1S/C20H12BrCl/c21-19-11-14-6-2-1-5-13(14)10-18(19)16-9-15-7-3-4-8-17(15)20(22)12-16/h1-12H. The highest BCUT2D eigenvalue weighted by molar-refractivity contribution is 9.10. The first-order valence-corrected chi connectivity index (χ1v) is 8.26. The van der Waals surface area contributed by atoms with Crippen molar-refractivity contribution in [3.8, 4) is 11.1 Å². The number of benzene rings is 4. The molecule has 4 aromatic carbocycles. The second-order valence-corrected chi connectivity index (χ2v) is 6.62. The molecule has 0 bridgehead atoms. The maximum absolute atomic E-state index is 6.47. The fourth-order valence-corrected chi connectivity index (χ4v) is 3.73. The smallest absolute Gasteiger partial charge is 0.0490 e. The lowest BCUT2D eigenvalue weighted by molar-refractivity contribution is 1.64. The van der Waals surface area contributed by atoms with Gasteiger partial charge in [-0.2, -0.15) is 0 Å². The van der Waals surface area contributed by atoms with E-state index in [1.807, 2.05) is 18.2 Å². The van der Waals surface area contributed by atoms with Gasteiger partial charge in [-0.05, 0) is 51.6 Å². The van der Waals surface area contributed by atoms with Crippen LogP contribution in [0.2, 0.25) is 5.02 Å². The molecule has 0 aliphatic rings. The van der Waals surface area contributed by atoms with Gasteiger partial charge in [0.05, 0.1) is 0 Å². The molecule has 0 nitrogen and oxygen atoms in total. The summed E-state index contributed by atoms with van der Waals surface area (Å²) in [7, 11) is 0. The molecule has 0 amide bonds. The summed E-state index contributed by atoms with van der Waals surface area (Å²) in [6, 6.07) is 25.2. The van der Waals surface area contributed by atoms with Crippen molar-refractivity contribution in [3.63, 3.8) is 0 Å². The Bertz CT molecular complexity index is 1000. The molecule has 4 rings (SSSR count). The second kappa shape index (κ2) is 5.42. The summed E-state index contributed by atoms with van der Waals surface area (Å²) < 4.78 is 1.08. The SMILES string of the molecule is Clc1cc(-c2cc3ccccc3cc2Br)cc2ccccc12. The van der Waals surface area contributed by atoms with E-state index < -0.39 is 0 Å². The summed E-state index contributed by atoms with van der Waals surface area (Å²) in [6.45, 7) is 0. The molecule has 0 spiro atoms. The molecule has 2 heteroatoms. The van der Waals surface area contributed by atoms with E-state index in [4.69, 9.17) is 11.6 Å². The van der Waals surface area contributed by atoms with Crippen molar-refractivity contribution in [3.05, 3.63) is 82.3 Å². The summed E-state index contributed by atoms with van der Waals surface area (Å²) in [4.78, 5) is 0. The summed E-state index contributed by atoms with van der Waals surface area (Å²) >= 11 is 10.2. The van der Waals surface area contributed by atoms with Crippen LogP contribution >= 0.6 is 27.5 Å². The molecule has 0 radical (unpaired) electrons. The van der Waals surface area contributed by atoms with E-state index in [9.17, 15) is 0 Å². The summed E-state index contributed by atoms with van der Waals surface area (Å²) in [6.07, 6.45) is 0. The lowest BCUT2D eigenvalue weighted by Crippen LogP contribution is -1.84. The van der Waals surface area contributed by atoms with Crippen LogP contribution in [0.15, 0.2) is 77.3 Å². The predicted octanol–water partition coefficient (Wildman–Crippen LogP) is 7.08. The van der Waals surface area contributed by atoms with Crippen LogP contribution in [0, 0.1) is 0 Å². The van der Waals surface area contributed by atoms with Gasteiger partial charge in [-0.1, -0.05) is 76.1 Å². The number of hydrogen-bond acceptors (Lipinski definition) is 0. The summed E-state index contributed by atoms with van der Waals surface area (Å²) in [5.41, 5.74) is 2.28. The van der Waals surface area contributed by atoms with Gasteiger partial charge in [0.25, 0.3) is 0 Å². The van der Waals surface area contributed by atoms with Crippen molar-refractivity contribution >= 4 is 49.1 Å². The van der Waals surface area contributed by atoms with Crippen LogP contribution in [0.25, 0.3) is 32.7 Å². The highest BCUT2D eigenvalue weighted by Crippen LogP contribution is 2.36.